The van der Waals surface area contributed by atoms with Crippen molar-refractivity contribution in [3.8, 4) is 5.69 Å². The molecular formula is C23H18N4O4S. The first-order valence-corrected chi connectivity index (χ1v) is 10.7. The van der Waals surface area contributed by atoms with Gasteiger partial charge in [0.1, 0.15) is 16.3 Å². The first-order chi connectivity index (χ1) is 15.5. The minimum Gasteiger partial charge on any atom is -0.451 e. The number of para-hydroxylation sites is 3. The van der Waals surface area contributed by atoms with Crippen molar-refractivity contribution < 1.29 is 19.1 Å². The molecule has 0 radical (unpaired) electrons. The van der Waals surface area contributed by atoms with Gasteiger partial charge >= 0.3 is 5.97 Å². The van der Waals surface area contributed by atoms with Crippen LogP contribution in [0.3, 0.4) is 0 Å². The van der Waals surface area contributed by atoms with Crippen molar-refractivity contribution in [1.82, 2.24) is 9.78 Å². The first kappa shape index (κ1) is 20.0. The second-order valence-electron chi connectivity index (χ2n) is 7.28. The third kappa shape index (κ3) is 3.52. The van der Waals surface area contributed by atoms with Crippen LogP contribution >= 0.6 is 11.3 Å². The van der Waals surface area contributed by atoms with Crippen molar-refractivity contribution in [2.24, 2.45) is 0 Å². The van der Waals surface area contributed by atoms with E-state index in [4.69, 9.17) is 4.74 Å². The maximum atomic E-state index is 12.7. The van der Waals surface area contributed by atoms with Gasteiger partial charge in [-0.05, 0) is 37.3 Å². The molecule has 5 rings (SSSR count). The highest BCUT2D eigenvalue weighted by Crippen LogP contribution is 2.31. The maximum absolute atomic E-state index is 12.7. The van der Waals surface area contributed by atoms with Crippen LogP contribution in [-0.2, 0) is 14.3 Å². The minimum atomic E-state index is -0.590. The number of nitrogens with zero attached hydrogens (tertiary/aromatic N) is 3. The van der Waals surface area contributed by atoms with Crippen LogP contribution in [0.15, 0.2) is 60.7 Å². The van der Waals surface area contributed by atoms with Crippen LogP contribution in [0.25, 0.3) is 15.9 Å². The van der Waals surface area contributed by atoms with Crippen LogP contribution in [-0.4, -0.2) is 40.7 Å². The van der Waals surface area contributed by atoms with Crippen LogP contribution in [0.2, 0.25) is 0 Å². The Bertz CT molecular complexity index is 1360. The fourth-order valence-electron chi connectivity index (χ4n) is 3.62. The van der Waals surface area contributed by atoms with Gasteiger partial charge in [0.25, 0.3) is 5.91 Å². The van der Waals surface area contributed by atoms with Crippen molar-refractivity contribution in [2.75, 3.05) is 23.4 Å². The number of esters is 1. The summed E-state index contributed by atoms with van der Waals surface area (Å²) in [6.45, 7) is 1.30. The predicted octanol–water partition coefficient (Wildman–Crippen LogP) is 3.54. The summed E-state index contributed by atoms with van der Waals surface area (Å²) in [4.78, 5) is 39.9. The van der Waals surface area contributed by atoms with Crippen molar-refractivity contribution >= 4 is 50.7 Å². The molecule has 3 heterocycles. The van der Waals surface area contributed by atoms with Crippen LogP contribution in [0, 0.1) is 6.92 Å². The van der Waals surface area contributed by atoms with Crippen molar-refractivity contribution in [3.05, 3.63) is 71.2 Å². The Morgan fingerprint density at radius 3 is 2.69 bits per heavy atom. The molecule has 4 aromatic rings. The Hall–Kier alpha value is -3.98. The Morgan fingerprint density at radius 1 is 1.12 bits per heavy atom. The second-order valence-corrected chi connectivity index (χ2v) is 8.31. The number of aromatic nitrogens is 2. The average Bonchev–Trinajstić information content (AvgIpc) is 3.38. The lowest BCUT2D eigenvalue weighted by Crippen LogP contribution is -2.44. The van der Waals surface area contributed by atoms with Gasteiger partial charge in [-0.3, -0.25) is 14.5 Å². The molecule has 0 fully saturated rings. The van der Waals surface area contributed by atoms with Gasteiger partial charge in [0.05, 0.1) is 22.8 Å². The van der Waals surface area contributed by atoms with E-state index < -0.39 is 18.5 Å². The molecule has 8 nitrogen and oxygen atoms in total. The highest BCUT2D eigenvalue weighted by Gasteiger charge is 2.27. The number of hydrogen-bond donors (Lipinski definition) is 1. The number of thiophene rings is 1. The Morgan fingerprint density at radius 2 is 1.88 bits per heavy atom. The predicted molar refractivity (Wildman–Crippen MR) is 121 cm³/mol. The number of carbonyl (C=O) groups excluding carboxylic acids is 3. The van der Waals surface area contributed by atoms with E-state index in [2.05, 4.69) is 10.4 Å². The van der Waals surface area contributed by atoms with Gasteiger partial charge in [0, 0.05) is 5.39 Å². The number of carbonyl (C=O) groups is 3. The molecule has 2 aromatic carbocycles. The largest absolute Gasteiger partial charge is 0.451 e. The molecule has 32 heavy (non-hydrogen) atoms. The molecule has 2 aromatic heterocycles. The zero-order valence-electron chi connectivity index (χ0n) is 17.1. The first-order valence-electron chi connectivity index (χ1n) is 9.92. The summed E-state index contributed by atoms with van der Waals surface area (Å²) < 4.78 is 7.09. The molecule has 0 saturated carbocycles. The summed E-state index contributed by atoms with van der Waals surface area (Å²) in [5.74, 6) is -1.35. The Labute approximate surface area is 187 Å². The third-order valence-corrected chi connectivity index (χ3v) is 6.24. The van der Waals surface area contributed by atoms with Crippen LogP contribution in [0.1, 0.15) is 15.4 Å². The molecule has 1 aliphatic rings. The van der Waals surface area contributed by atoms with E-state index in [1.807, 2.05) is 37.3 Å². The summed E-state index contributed by atoms with van der Waals surface area (Å²) in [6.07, 6.45) is 0. The van der Waals surface area contributed by atoms with Gasteiger partial charge in [-0.2, -0.15) is 5.10 Å². The molecule has 0 saturated heterocycles. The van der Waals surface area contributed by atoms with E-state index in [1.54, 1.807) is 35.0 Å². The highest BCUT2D eigenvalue weighted by atomic mass is 32.1. The Kier molecular flexibility index (Phi) is 4.95. The van der Waals surface area contributed by atoms with Crippen LogP contribution in [0.5, 0.6) is 0 Å². The molecular weight excluding hydrogens is 428 g/mol. The number of aryl methyl sites for hydroxylation is 1. The van der Waals surface area contributed by atoms with E-state index >= 15 is 0 Å². The molecule has 0 unspecified atom stereocenters. The molecule has 1 N–H and O–H groups in total. The number of fused-ring (bicyclic) bond motifs is 2. The fraction of sp³-hybridized carbons (Fsp3) is 0.130. The van der Waals surface area contributed by atoms with Crippen LogP contribution < -0.4 is 10.2 Å². The van der Waals surface area contributed by atoms with Gasteiger partial charge in [-0.25, -0.2) is 9.48 Å². The number of nitrogens with one attached hydrogen (secondary N) is 1. The van der Waals surface area contributed by atoms with E-state index in [1.165, 1.54) is 16.2 Å². The average molecular weight is 446 g/mol. The van der Waals surface area contributed by atoms with E-state index in [0.29, 0.717) is 16.3 Å². The lowest BCUT2D eigenvalue weighted by molar-refractivity contribution is -0.124. The molecule has 0 aliphatic carbocycles. The topological polar surface area (TPSA) is 93.5 Å². The normalized spacial score (nSPS) is 13.0. The minimum absolute atomic E-state index is 0.123. The lowest BCUT2D eigenvalue weighted by Gasteiger charge is -2.28. The van der Waals surface area contributed by atoms with E-state index in [0.717, 1.165) is 21.6 Å². The SMILES string of the molecule is Cc1nn(-c2ccccc2)c2sc(C(=O)OCC(=O)N3CC(=O)Nc4ccccc43)cc12. The molecule has 9 heteroatoms. The van der Waals surface area contributed by atoms with Crippen LogP contribution in [0.4, 0.5) is 11.4 Å². The molecule has 0 spiro atoms. The van der Waals surface area contributed by atoms with Gasteiger partial charge in [0.2, 0.25) is 5.91 Å². The number of benzene rings is 2. The lowest BCUT2D eigenvalue weighted by atomic mass is 10.2. The second kappa shape index (κ2) is 7.93. The Balaban J connectivity index is 1.34. The quantitative estimate of drug-likeness (QED) is 0.484. The summed E-state index contributed by atoms with van der Waals surface area (Å²) in [5, 5.41) is 8.14. The van der Waals surface area contributed by atoms with Gasteiger partial charge in [-0.15, -0.1) is 11.3 Å². The van der Waals surface area contributed by atoms with Crippen molar-refractivity contribution in [2.45, 2.75) is 6.92 Å². The monoisotopic (exact) mass is 446 g/mol. The smallest absolute Gasteiger partial charge is 0.348 e. The van der Waals surface area contributed by atoms with Gasteiger partial charge in [0.15, 0.2) is 6.61 Å². The summed E-state index contributed by atoms with van der Waals surface area (Å²) in [7, 11) is 0. The molecule has 2 amide bonds. The number of amides is 2. The van der Waals surface area contributed by atoms with E-state index in [9.17, 15) is 14.4 Å². The van der Waals surface area contributed by atoms with Gasteiger partial charge in [-0.1, -0.05) is 30.3 Å². The number of anilines is 2. The van der Waals surface area contributed by atoms with E-state index in [-0.39, 0.29) is 12.5 Å². The van der Waals surface area contributed by atoms with Gasteiger partial charge < -0.3 is 10.1 Å². The zero-order valence-corrected chi connectivity index (χ0v) is 17.9. The van der Waals surface area contributed by atoms with Crippen molar-refractivity contribution in [1.29, 1.82) is 0 Å². The molecule has 160 valence electrons. The highest BCUT2D eigenvalue weighted by molar-refractivity contribution is 7.20. The molecule has 1 aliphatic heterocycles. The maximum Gasteiger partial charge on any atom is 0.348 e. The number of hydrogen-bond acceptors (Lipinski definition) is 6. The molecule has 0 atom stereocenters. The third-order valence-electron chi connectivity index (χ3n) is 5.15. The summed E-state index contributed by atoms with van der Waals surface area (Å²) in [5.41, 5.74) is 2.82. The number of rotatable bonds is 4. The number of ether oxygens (including phenoxy) is 1. The summed E-state index contributed by atoms with van der Waals surface area (Å²) in [6, 6.07) is 18.4. The summed E-state index contributed by atoms with van der Waals surface area (Å²) >= 11 is 1.26. The fourth-order valence-corrected chi connectivity index (χ4v) is 4.70. The zero-order chi connectivity index (χ0) is 22.2. The molecule has 0 bridgehead atoms. The standard InChI is InChI=1S/C23H18N4O4S/c1-14-16-11-19(32-22(16)27(25-14)15-7-3-2-4-8-15)23(30)31-13-21(29)26-12-20(28)24-17-9-5-6-10-18(17)26/h2-11H,12-13H2,1H3,(H,24,28). The van der Waals surface area contributed by atoms with Crippen molar-refractivity contribution in [3.63, 3.8) is 0 Å².